The Morgan fingerprint density at radius 3 is 2.21 bits per heavy atom. The molecule has 1 amide bonds. The summed E-state index contributed by atoms with van der Waals surface area (Å²) in [4.78, 5) is 25.9. The highest BCUT2D eigenvalue weighted by atomic mass is 16.4. The molecule has 0 aromatic heterocycles. The van der Waals surface area contributed by atoms with Crippen LogP contribution in [0.2, 0.25) is 0 Å². The highest BCUT2D eigenvalue weighted by Crippen LogP contribution is 2.47. The van der Waals surface area contributed by atoms with Gasteiger partial charge in [0, 0.05) is 19.0 Å². The maximum atomic E-state index is 12.8. The van der Waals surface area contributed by atoms with Crippen LogP contribution in [0.5, 0.6) is 0 Å². The molecule has 2 saturated heterocycles. The van der Waals surface area contributed by atoms with Crippen LogP contribution < -0.4 is 0 Å². The van der Waals surface area contributed by atoms with Crippen molar-refractivity contribution in [2.75, 3.05) is 6.54 Å². The Kier molecular flexibility index (Phi) is 4.07. The first kappa shape index (κ1) is 15.7. The van der Waals surface area contributed by atoms with Gasteiger partial charge in [-0.15, -0.1) is 0 Å². The fourth-order valence-electron chi connectivity index (χ4n) is 5.30. The lowest BCUT2D eigenvalue weighted by atomic mass is 9.68. The highest BCUT2D eigenvalue weighted by Gasteiger charge is 2.43. The summed E-state index contributed by atoms with van der Waals surface area (Å²) < 4.78 is 0. The zero-order valence-electron chi connectivity index (χ0n) is 14.0. The van der Waals surface area contributed by atoms with Gasteiger partial charge in [-0.3, -0.25) is 4.79 Å². The van der Waals surface area contributed by atoms with E-state index in [4.69, 9.17) is 5.11 Å². The second-order valence-electron chi connectivity index (χ2n) is 7.98. The van der Waals surface area contributed by atoms with Gasteiger partial charge in [0.1, 0.15) is 0 Å². The molecule has 2 atom stereocenters. The van der Waals surface area contributed by atoms with Gasteiger partial charge >= 0.3 is 5.97 Å². The SMILES string of the molecule is O=C(O)c1ccc(CCC(=O)N2CC3CC4CC(C3)CC2C4)cc1. The number of hydrogen-bond donors (Lipinski definition) is 1. The zero-order valence-corrected chi connectivity index (χ0v) is 14.0. The number of fused-ring (bicyclic) bond motifs is 1. The number of carbonyl (C=O) groups excluding carboxylic acids is 1. The van der Waals surface area contributed by atoms with E-state index in [2.05, 4.69) is 4.90 Å². The molecule has 4 fully saturated rings. The van der Waals surface area contributed by atoms with Gasteiger partial charge in [0.25, 0.3) is 0 Å². The van der Waals surface area contributed by atoms with E-state index in [0.717, 1.165) is 29.9 Å². The van der Waals surface area contributed by atoms with Gasteiger partial charge < -0.3 is 10.0 Å². The van der Waals surface area contributed by atoms with Gasteiger partial charge in [0.05, 0.1) is 5.56 Å². The molecular weight excluding hydrogens is 302 g/mol. The predicted octanol–water partition coefficient (Wildman–Crippen LogP) is 3.35. The first-order chi connectivity index (χ1) is 11.6. The second kappa shape index (κ2) is 6.23. The van der Waals surface area contributed by atoms with E-state index in [0.29, 0.717) is 24.4 Å². The molecule has 24 heavy (non-hydrogen) atoms. The lowest BCUT2D eigenvalue weighted by Crippen LogP contribution is -2.42. The number of hydrogen-bond acceptors (Lipinski definition) is 2. The molecule has 1 N–H and O–H groups in total. The Morgan fingerprint density at radius 2 is 1.58 bits per heavy atom. The summed E-state index contributed by atoms with van der Waals surface area (Å²) in [7, 11) is 0. The van der Waals surface area contributed by atoms with Gasteiger partial charge in [0.15, 0.2) is 0 Å². The minimum absolute atomic E-state index is 0.288. The van der Waals surface area contributed by atoms with Gasteiger partial charge in [-0.25, -0.2) is 4.79 Å². The molecule has 1 aromatic rings. The molecule has 128 valence electrons. The number of carboxylic acids is 1. The zero-order chi connectivity index (χ0) is 16.7. The molecule has 2 heterocycles. The predicted molar refractivity (Wildman–Crippen MR) is 90.8 cm³/mol. The topological polar surface area (TPSA) is 57.6 Å². The highest BCUT2D eigenvalue weighted by molar-refractivity contribution is 5.87. The number of rotatable bonds is 4. The van der Waals surface area contributed by atoms with E-state index in [1.165, 1.54) is 32.1 Å². The summed E-state index contributed by atoms with van der Waals surface area (Å²) in [5, 5.41) is 8.94. The smallest absolute Gasteiger partial charge is 0.335 e. The minimum atomic E-state index is -0.909. The molecule has 2 unspecified atom stereocenters. The third-order valence-electron chi connectivity index (χ3n) is 6.26. The Morgan fingerprint density at radius 1 is 0.958 bits per heavy atom. The lowest BCUT2D eigenvalue weighted by molar-refractivity contribution is -0.134. The standard InChI is InChI=1S/C20H25NO3/c22-19(6-3-13-1-4-17(5-2-13)20(23)24)21-12-16-8-14-7-15(9-16)11-18(21)10-14/h1-2,4-5,14-16,18H,3,6-12H2,(H,23,24). The van der Waals surface area contributed by atoms with Crippen LogP contribution in [-0.4, -0.2) is 34.5 Å². The summed E-state index contributed by atoms with van der Waals surface area (Å²) in [6.07, 6.45) is 7.70. The maximum Gasteiger partial charge on any atom is 0.335 e. The van der Waals surface area contributed by atoms with Gasteiger partial charge in [0.2, 0.25) is 5.91 Å². The van der Waals surface area contributed by atoms with Crippen molar-refractivity contribution in [2.24, 2.45) is 17.8 Å². The fourth-order valence-corrected chi connectivity index (χ4v) is 5.30. The third-order valence-corrected chi connectivity index (χ3v) is 6.26. The van der Waals surface area contributed by atoms with Crippen molar-refractivity contribution in [3.8, 4) is 0 Å². The molecular formula is C20H25NO3. The van der Waals surface area contributed by atoms with E-state index in [9.17, 15) is 9.59 Å². The van der Waals surface area contributed by atoms with Crippen molar-refractivity contribution in [3.63, 3.8) is 0 Å². The van der Waals surface area contributed by atoms with Gasteiger partial charge in [-0.1, -0.05) is 12.1 Å². The van der Waals surface area contributed by atoms with Crippen LogP contribution in [0.3, 0.4) is 0 Å². The summed E-state index contributed by atoms with van der Waals surface area (Å²) in [6, 6.07) is 7.37. The number of carbonyl (C=O) groups is 2. The Bertz CT molecular complexity index is 625. The van der Waals surface area contributed by atoms with Crippen molar-refractivity contribution < 1.29 is 14.7 Å². The summed E-state index contributed by atoms with van der Waals surface area (Å²) in [5.74, 6) is 1.81. The second-order valence-corrected chi connectivity index (χ2v) is 7.98. The number of amides is 1. The molecule has 2 aliphatic carbocycles. The molecule has 0 spiro atoms. The number of aryl methyl sites for hydroxylation is 1. The largest absolute Gasteiger partial charge is 0.478 e. The van der Waals surface area contributed by atoms with Crippen LogP contribution in [0.15, 0.2) is 24.3 Å². The molecule has 0 radical (unpaired) electrons. The average molecular weight is 327 g/mol. The van der Waals surface area contributed by atoms with Crippen LogP contribution >= 0.6 is 0 Å². The van der Waals surface area contributed by atoms with E-state index >= 15 is 0 Å². The van der Waals surface area contributed by atoms with Crippen molar-refractivity contribution in [1.29, 1.82) is 0 Å². The first-order valence-corrected chi connectivity index (χ1v) is 9.20. The third kappa shape index (κ3) is 3.06. The monoisotopic (exact) mass is 327 g/mol. The number of carboxylic acid groups (broad SMARTS) is 1. The number of aromatic carboxylic acids is 1. The van der Waals surface area contributed by atoms with Crippen LogP contribution in [0.25, 0.3) is 0 Å². The molecule has 5 rings (SSSR count). The van der Waals surface area contributed by atoms with Crippen molar-refractivity contribution in [1.82, 2.24) is 4.90 Å². The average Bonchev–Trinajstić information content (AvgIpc) is 2.76. The van der Waals surface area contributed by atoms with E-state index in [1.807, 2.05) is 12.1 Å². The summed E-state index contributed by atoms with van der Waals surface area (Å²) in [6.45, 7) is 0.967. The number of benzene rings is 1. The van der Waals surface area contributed by atoms with E-state index in [-0.39, 0.29) is 5.91 Å². The molecule has 1 aromatic carbocycles. The summed E-state index contributed by atoms with van der Waals surface area (Å²) in [5.41, 5.74) is 1.33. The van der Waals surface area contributed by atoms with Gasteiger partial charge in [-0.2, -0.15) is 0 Å². The van der Waals surface area contributed by atoms with Crippen molar-refractivity contribution in [3.05, 3.63) is 35.4 Å². The van der Waals surface area contributed by atoms with E-state index < -0.39 is 5.97 Å². The summed E-state index contributed by atoms with van der Waals surface area (Å²) >= 11 is 0. The van der Waals surface area contributed by atoms with Crippen LogP contribution in [0, 0.1) is 17.8 Å². The van der Waals surface area contributed by atoms with Crippen LogP contribution in [-0.2, 0) is 11.2 Å². The van der Waals surface area contributed by atoms with Crippen molar-refractivity contribution in [2.45, 2.75) is 51.0 Å². The first-order valence-electron chi connectivity index (χ1n) is 9.20. The molecule has 4 heteroatoms. The molecule has 2 saturated carbocycles. The Hall–Kier alpha value is -1.84. The van der Waals surface area contributed by atoms with Gasteiger partial charge in [-0.05, 0) is 74.0 Å². The molecule has 4 bridgehead atoms. The maximum absolute atomic E-state index is 12.8. The van der Waals surface area contributed by atoms with E-state index in [1.54, 1.807) is 12.1 Å². The quantitative estimate of drug-likeness (QED) is 0.922. The molecule has 4 aliphatic rings. The Labute approximate surface area is 142 Å². The fraction of sp³-hybridized carbons (Fsp3) is 0.600. The molecule has 2 aliphatic heterocycles. The number of nitrogens with zero attached hydrogens (tertiary/aromatic N) is 1. The van der Waals surface area contributed by atoms with Crippen molar-refractivity contribution >= 4 is 11.9 Å². The van der Waals surface area contributed by atoms with Crippen LogP contribution in [0.1, 0.15) is 54.4 Å². The Balaban J connectivity index is 1.38. The minimum Gasteiger partial charge on any atom is -0.478 e. The normalized spacial score (nSPS) is 31.1. The van der Waals surface area contributed by atoms with Crippen LogP contribution in [0.4, 0.5) is 0 Å². The lowest BCUT2D eigenvalue weighted by Gasteiger charge is -2.39. The molecule has 4 nitrogen and oxygen atoms in total.